The van der Waals surface area contributed by atoms with E-state index in [0.717, 1.165) is 31.7 Å². The van der Waals surface area contributed by atoms with E-state index in [1.807, 2.05) is 0 Å². The number of methoxy groups -OCH3 is 1. The van der Waals surface area contributed by atoms with Crippen molar-refractivity contribution in [1.29, 1.82) is 0 Å². The number of hydrogen-bond donors (Lipinski definition) is 1. The van der Waals surface area contributed by atoms with Gasteiger partial charge in [0.25, 0.3) is 5.91 Å². The molecule has 1 amide bonds. The van der Waals surface area contributed by atoms with Crippen LogP contribution in [0.25, 0.3) is 0 Å². The number of ether oxygens (including phenoxy) is 2. The number of fused-ring (bicyclic) bond motifs is 1. The van der Waals surface area contributed by atoms with Gasteiger partial charge in [0.05, 0.1) is 18.3 Å². The van der Waals surface area contributed by atoms with Gasteiger partial charge < -0.3 is 14.8 Å². The largest absolute Gasteiger partial charge is 0.384 e. The van der Waals surface area contributed by atoms with Gasteiger partial charge in [-0.25, -0.2) is 9.97 Å². The fraction of sp³-hybridized carbons (Fsp3) is 0.688. The number of rotatable bonds is 5. The molecule has 6 heteroatoms. The van der Waals surface area contributed by atoms with E-state index in [-0.39, 0.29) is 24.0 Å². The zero-order chi connectivity index (χ0) is 15.1. The Bertz CT molecular complexity index is 558. The normalized spacial score (nSPS) is 33.1. The minimum absolute atomic E-state index is 0.0983. The number of hydrogen-bond acceptors (Lipinski definition) is 5. The average molecular weight is 303 g/mol. The van der Waals surface area contributed by atoms with Gasteiger partial charge in [-0.2, -0.15) is 0 Å². The van der Waals surface area contributed by atoms with Crippen molar-refractivity contribution in [3.63, 3.8) is 0 Å². The van der Waals surface area contributed by atoms with Gasteiger partial charge in [0.15, 0.2) is 0 Å². The topological polar surface area (TPSA) is 73.3 Å². The third-order valence-corrected chi connectivity index (χ3v) is 5.06. The van der Waals surface area contributed by atoms with Gasteiger partial charge in [-0.1, -0.05) is 0 Å². The Kier molecular flexibility index (Phi) is 3.58. The van der Waals surface area contributed by atoms with E-state index >= 15 is 0 Å². The Balaban J connectivity index is 1.42. The summed E-state index contributed by atoms with van der Waals surface area (Å²) in [6, 6.07) is 0.128. The molecule has 4 rings (SSSR count). The maximum Gasteiger partial charge on any atom is 0.254 e. The van der Waals surface area contributed by atoms with Crippen LogP contribution in [0, 0.1) is 11.8 Å². The van der Waals surface area contributed by atoms with Crippen molar-refractivity contribution < 1.29 is 14.3 Å². The van der Waals surface area contributed by atoms with E-state index < -0.39 is 0 Å². The molecule has 0 spiro atoms. The predicted octanol–water partition coefficient (Wildman–Crippen LogP) is 1.13. The van der Waals surface area contributed by atoms with Crippen LogP contribution in [-0.4, -0.2) is 48.3 Å². The average Bonchev–Trinajstić information content (AvgIpc) is 3.30. The molecule has 1 N–H and O–H groups in total. The molecule has 3 fully saturated rings. The monoisotopic (exact) mass is 303 g/mol. The van der Waals surface area contributed by atoms with E-state index in [9.17, 15) is 4.79 Å². The van der Waals surface area contributed by atoms with Crippen LogP contribution in [-0.2, 0) is 9.47 Å². The van der Waals surface area contributed by atoms with E-state index in [1.54, 1.807) is 19.5 Å². The third kappa shape index (κ3) is 2.40. The molecule has 1 aromatic rings. The van der Waals surface area contributed by atoms with E-state index in [0.29, 0.717) is 24.0 Å². The van der Waals surface area contributed by atoms with Crippen LogP contribution in [0.2, 0.25) is 0 Å². The lowest BCUT2D eigenvalue weighted by atomic mass is 9.67. The maximum atomic E-state index is 12.4. The fourth-order valence-corrected chi connectivity index (χ4v) is 3.68. The minimum atomic E-state index is -0.0983. The Morgan fingerprint density at radius 1 is 1.36 bits per heavy atom. The molecule has 2 heterocycles. The molecule has 0 aromatic carbocycles. The molecule has 1 aromatic heterocycles. The first kappa shape index (κ1) is 14.1. The van der Waals surface area contributed by atoms with E-state index in [4.69, 9.17) is 9.47 Å². The first-order chi connectivity index (χ1) is 10.8. The molecule has 1 aliphatic heterocycles. The standard InChI is InChI=1S/C16H21N3O3/c1-21-8-12-13(11-4-5-22-14(11)12)19-16(20)10-6-17-15(18-7-10)9-2-3-9/h6-7,9,11-14H,2-5,8H2,1H3,(H,19,20)/t11-,12+,13+,14-/m1/s1. The number of nitrogens with one attached hydrogen (secondary N) is 1. The van der Waals surface area contributed by atoms with Gasteiger partial charge in [-0.15, -0.1) is 0 Å². The molecule has 22 heavy (non-hydrogen) atoms. The van der Waals surface area contributed by atoms with Crippen molar-refractivity contribution in [3.8, 4) is 0 Å². The number of amides is 1. The lowest BCUT2D eigenvalue weighted by Crippen LogP contribution is -2.62. The van der Waals surface area contributed by atoms with Crippen LogP contribution in [0.4, 0.5) is 0 Å². The van der Waals surface area contributed by atoms with Gasteiger partial charge in [0, 0.05) is 49.9 Å². The van der Waals surface area contributed by atoms with Crippen molar-refractivity contribution >= 4 is 5.91 Å². The van der Waals surface area contributed by atoms with Crippen molar-refractivity contribution in [3.05, 3.63) is 23.8 Å². The SMILES string of the molecule is COC[C@H]1[C@@H](NC(=O)c2cnc(C3CC3)nc2)[C@H]2CCO[C@H]21. The molecular formula is C16H21N3O3. The first-order valence-electron chi connectivity index (χ1n) is 8.01. The van der Waals surface area contributed by atoms with Crippen molar-refractivity contribution in [1.82, 2.24) is 15.3 Å². The Morgan fingerprint density at radius 3 is 2.82 bits per heavy atom. The second kappa shape index (κ2) is 5.59. The van der Waals surface area contributed by atoms with Gasteiger partial charge in [-0.05, 0) is 19.3 Å². The second-order valence-corrected chi connectivity index (χ2v) is 6.51. The molecule has 4 atom stereocenters. The van der Waals surface area contributed by atoms with Crippen LogP contribution in [0.5, 0.6) is 0 Å². The lowest BCUT2D eigenvalue weighted by molar-refractivity contribution is -0.0809. The highest BCUT2D eigenvalue weighted by Gasteiger charge is 2.54. The molecule has 118 valence electrons. The molecule has 2 saturated carbocycles. The van der Waals surface area contributed by atoms with Crippen LogP contribution in [0.15, 0.2) is 12.4 Å². The van der Waals surface area contributed by atoms with Crippen LogP contribution in [0.1, 0.15) is 41.4 Å². The van der Waals surface area contributed by atoms with Crippen LogP contribution in [0.3, 0.4) is 0 Å². The van der Waals surface area contributed by atoms with Gasteiger partial charge in [-0.3, -0.25) is 4.79 Å². The number of nitrogens with zero attached hydrogens (tertiary/aromatic N) is 2. The van der Waals surface area contributed by atoms with Gasteiger partial charge in [0.2, 0.25) is 0 Å². The molecule has 6 nitrogen and oxygen atoms in total. The predicted molar refractivity (Wildman–Crippen MR) is 78.5 cm³/mol. The number of carbonyl (C=O) groups excluding carboxylic acids is 1. The smallest absolute Gasteiger partial charge is 0.254 e. The summed E-state index contributed by atoms with van der Waals surface area (Å²) in [6.45, 7) is 1.39. The Morgan fingerprint density at radius 2 is 2.14 bits per heavy atom. The van der Waals surface area contributed by atoms with Crippen LogP contribution >= 0.6 is 0 Å². The molecule has 1 saturated heterocycles. The summed E-state index contributed by atoms with van der Waals surface area (Å²) < 4.78 is 11.0. The van der Waals surface area contributed by atoms with Crippen molar-refractivity contribution in [2.75, 3.05) is 20.3 Å². The lowest BCUT2D eigenvalue weighted by Gasteiger charge is -2.47. The van der Waals surface area contributed by atoms with Gasteiger partial charge >= 0.3 is 0 Å². The van der Waals surface area contributed by atoms with Crippen molar-refractivity contribution in [2.45, 2.75) is 37.3 Å². The van der Waals surface area contributed by atoms with E-state index in [1.165, 1.54) is 0 Å². The van der Waals surface area contributed by atoms with Gasteiger partial charge in [0.1, 0.15) is 5.82 Å². The summed E-state index contributed by atoms with van der Waals surface area (Å²) in [4.78, 5) is 21.0. The van der Waals surface area contributed by atoms with Crippen molar-refractivity contribution in [2.24, 2.45) is 11.8 Å². The van der Waals surface area contributed by atoms with E-state index in [2.05, 4.69) is 15.3 Å². The summed E-state index contributed by atoms with van der Waals surface area (Å²) in [5.74, 6) is 1.93. The highest BCUT2D eigenvalue weighted by atomic mass is 16.5. The number of aromatic nitrogens is 2. The first-order valence-corrected chi connectivity index (χ1v) is 8.01. The molecule has 0 radical (unpaired) electrons. The third-order valence-electron chi connectivity index (χ3n) is 5.06. The minimum Gasteiger partial charge on any atom is -0.384 e. The zero-order valence-electron chi connectivity index (χ0n) is 12.7. The highest BCUT2D eigenvalue weighted by molar-refractivity contribution is 5.93. The molecule has 3 aliphatic rings. The summed E-state index contributed by atoms with van der Waals surface area (Å²) >= 11 is 0. The van der Waals surface area contributed by atoms with Crippen LogP contribution < -0.4 is 5.32 Å². The summed E-state index contributed by atoms with van der Waals surface area (Å²) in [5.41, 5.74) is 0.530. The second-order valence-electron chi connectivity index (χ2n) is 6.51. The number of carbonyl (C=O) groups is 1. The molecule has 2 aliphatic carbocycles. The molecule has 0 unspecified atom stereocenters. The Labute approximate surface area is 129 Å². The molecular weight excluding hydrogens is 282 g/mol. The Hall–Kier alpha value is -1.53. The summed E-state index contributed by atoms with van der Waals surface area (Å²) in [6.07, 6.45) is 6.85. The quantitative estimate of drug-likeness (QED) is 0.883. The fourth-order valence-electron chi connectivity index (χ4n) is 3.68. The highest BCUT2D eigenvalue weighted by Crippen LogP contribution is 2.43. The summed E-state index contributed by atoms with van der Waals surface area (Å²) in [7, 11) is 1.69. The molecule has 0 bridgehead atoms. The summed E-state index contributed by atoms with van der Waals surface area (Å²) in [5, 5.41) is 3.12. The maximum absolute atomic E-state index is 12.4. The zero-order valence-corrected chi connectivity index (χ0v) is 12.7.